The van der Waals surface area contributed by atoms with Crippen molar-refractivity contribution in [1.29, 1.82) is 0 Å². The second-order valence-corrected chi connectivity index (χ2v) is 12.3. The van der Waals surface area contributed by atoms with E-state index in [1.54, 1.807) is 23.6 Å². The lowest BCUT2D eigenvalue weighted by Gasteiger charge is -2.40. The van der Waals surface area contributed by atoms with E-state index in [4.69, 9.17) is 9.47 Å². The summed E-state index contributed by atoms with van der Waals surface area (Å²) in [4.78, 5) is 44.8. The highest BCUT2D eigenvalue weighted by atomic mass is 32.2. The molecule has 4 saturated heterocycles. The van der Waals surface area contributed by atoms with Crippen LogP contribution in [0.25, 0.3) is 0 Å². The number of rotatable bonds is 10. The average molecular weight is 512 g/mol. The minimum atomic E-state index is -0.718. The van der Waals surface area contributed by atoms with Crippen molar-refractivity contribution < 1.29 is 29.0 Å². The summed E-state index contributed by atoms with van der Waals surface area (Å²) in [6.45, 7) is 12.3. The Hall–Kier alpha value is -1.36. The molecule has 10 heteroatoms. The molecule has 0 aromatic rings. The first-order valence-electron chi connectivity index (χ1n) is 13.1. The number of likely N-dealkylation sites (tertiary alicyclic amines) is 1. The first kappa shape index (κ1) is 26.7. The van der Waals surface area contributed by atoms with Crippen LogP contribution < -0.4 is 5.32 Å². The maximum absolute atomic E-state index is 14.0. The quantitative estimate of drug-likeness (QED) is 0.414. The van der Waals surface area contributed by atoms with Gasteiger partial charge in [-0.2, -0.15) is 0 Å². The number of aliphatic hydroxyl groups is 1. The van der Waals surface area contributed by atoms with Gasteiger partial charge in [0.2, 0.25) is 11.8 Å². The Labute approximate surface area is 212 Å². The van der Waals surface area contributed by atoms with Gasteiger partial charge in [0.1, 0.15) is 6.04 Å². The van der Waals surface area contributed by atoms with Crippen LogP contribution in [0.4, 0.5) is 0 Å². The third-order valence-corrected chi connectivity index (χ3v) is 10.2. The molecule has 4 fully saturated rings. The molecule has 0 aromatic heterocycles. The van der Waals surface area contributed by atoms with Gasteiger partial charge in [-0.3, -0.25) is 19.3 Å². The van der Waals surface area contributed by atoms with E-state index in [1.165, 1.54) is 0 Å². The number of hydrogen-bond donors (Lipinski definition) is 2. The van der Waals surface area contributed by atoms with Crippen LogP contribution in [0, 0.1) is 23.7 Å². The molecule has 0 saturated carbocycles. The number of esters is 1. The number of amides is 2. The molecule has 4 aliphatic rings. The predicted octanol–water partition coefficient (Wildman–Crippen LogP) is 0.742. The van der Waals surface area contributed by atoms with Crippen molar-refractivity contribution in [3.05, 3.63) is 0 Å². The molecule has 0 radical (unpaired) electrons. The summed E-state index contributed by atoms with van der Waals surface area (Å²) in [6.07, 6.45) is 1.37. The predicted molar refractivity (Wildman–Crippen MR) is 133 cm³/mol. The lowest BCUT2D eigenvalue weighted by molar-refractivity contribution is -0.154. The molecule has 4 aliphatic heterocycles. The molecule has 0 aliphatic carbocycles. The molecule has 2 amide bonds. The maximum atomic E-state index is 14.0. The standard InChI is InChI=1S/C25H41N3O6S/c1-5-34-24(32)19-18-13-16(4)25(35-18)20(19)23(31)28(17(14-29)12-15(2)3)21(25)22(30)26-6-7-27-8-10-33-11-9-27/h15-21,29H,5-14H2,1-4H3,(H,26,30)/t16?,17-,18+,19-,20+,21?,25?/m1/s1. The monoisotopic (exact) mass is 511 g/mol. The molecule has 35 heavy (non-hydrogen) atoms. The van der Waals surface area contributed by atoms with Crippen LogP contribution >= 0.6 is 11.8 Å². The summed E-state index contributed by atoms with van der Waals surface area (Å²) in [6, 6.07) is -1.18. The van der Waals surface area contributed by atoms with Crippen LogP contribution in [-0.4, -0.2) is 107 Å². The fraction of sp³-hybridized carbons (Fsp3) is 0.880. The molecule has 9 nitrogen and oxygen atoms in total. The fourth-order valence-corrected chi connectivity index (χ4v) is 9.13. The van der Waals surface area contributed by atoms with Gasteiger partial charge >= 0.3 is 5.97 Å². The minimum Gasteiger partial charge on any atom is -0.466 e. The number of aliphatic hydroxyl groups excluding tert-OH is 1. The molecule has 0 aromatic carbocycles. The van der Waals surface area contributed by atoms with Crippen LogP contribution in [-0.2, 0) is 23.9 Å². The zero-order chi connectivity index (χ0) is 25.3. The van der Waals surface area contributed by atoms with Crippen molar-refractivity contribution in [1.82, 2.24) is 15.1 Å². The summed E-state index contributed by atoms with van der Waals surface area (Å²) in [7, 11) is 0. The van der Waals surface area contributed by atoms with Gasteiger partial charge in [-0.25, -0.2) is 0 Å². The maximum Gasteiger partial charge on any atom is 0.310 e. The molecule has 3 unspecified atom stereocenters. The molecular formula is C25H41N3O6S. The van der Waals surface area contributed by atoms with Gasteiger partial charge in [0.05, 0.1) is 49.1 Å². The smallest absolute Gasteiger partial charge is 0.310 e. The largest absolute Gasteiger partial charge is 0.466 e. The number of morpholine rings is 1. The summed E-state index contributed by atoms with van der Waals surface area (Å²) >= 11 is 1.64. The van der Waals surface area contributed by atoms with Crippen LogP contribution in [0.3, 0.4) is 0 Å². The Kier molecular flexibility index (Phi) is 8.35. The fourth-order valence-electron chi connectivity index (χ4n) is 6.74. The van der Waals surface area contributed by atoms with Crippen molar-refractivity contribution in [2.75, 3.05) is 52.6 Å². The topological polar surface area (TPSA) is 108 Å². The average Bonchev–Trinajstić information content (AvgIpc) is 3.42. The Bertz CT molecular complexity index is 806. The van der Waals surface area contributed by atoms with E-state index in [0.717, 1.165) is 26.1 Å². The molecule has 198 valence electrons. The minimum absolute atomic E-state index is 0.0264. The zero-order valence-electron chi connectivity index (χ0n) is 21.4. The summed E-state index contributed by atoms with van der Waals surface area (Å²) in [5, 5.41) is 13.4. The van der Waals surface area contributed by atoms with Crippen molar-refractivity contribution in [2.45, 2.75) is 62.6 Å². The molecular weight excluding hydrogens is 470 g/mol. The van der Waals surface area contributed by atoms with Gasteiger partial charge in [0.15, 0.2) is 0 Å². The van der Waals surface area contributed by atoms with Crippen LogP contribution in [0.5, 0.6) is 0 Å². The SMILES string of the molecule is CCOC(=O)[C@@H]1[C@@H]2CC(C)C3(S2)C(C(=O)NCCN2CCOCC2)N([C@@H](CO)CC(C)C)C(=O)[C@H]13. The Morgan fingerprint density at radius 1 is 1.31 bits per heavy atom. The number of nitrogens with one attached hydrogen (secondary N) is 1. The van der Waals surface area contributed by atoms with Crippen molar-refractivity contribution in [3.63, 3.8) is 0 Å². The van der Waals surface area contributed by atoms with Gasteiger partial charge in [0.25, 0.3) is 0 Å². The zero-order valence-corrected chi connectivity index (χ0v) is 22.2. The van der Waals surface area contributed by atoms with E-state index in [-0.39, 0.29) is 48.1 Å². The molecule has 4 heterocycles. The molecule has 4 rings (SSSR count). The molecule has 2 bridgehead atoms. The van der Waals surface area contributed by atoms with Gasteiger partial charge in [0, 0.05) is 31.4 Å². The number of carbonyl (C=O) groups excluding carboxylic acids is 3. The van der Waals surface area contributed by atoms with E-state index in [1.807, 2.05) is 13.8 Å². The van der Waals surface area contributed by atoms with Crippen molar-refractivity contribution in [3.8, 4) is 0 Å². The van der Waals surface area contributed by atoms with Crippen molar-refractivity contribution in [2.24, 2.45) is 23.7 Å². The third kappa shape index (κ3) is 4.71. The van der Waals surface area contributed by atoms with E-state index >= 15 is 0 Å². The third-order valence-electron chi connectivity index (χ3n) is 8.17. The van der Waals surface area contributed by atoms with E-state index in [2.05, 4.69) is 17.1 Å². The van der Waals surface area contributed by atoms with Gasteiger partial charge in [-0.15, -0.1) is 11.8 Å². The number of hydrogen-bond acceptors (Lipinski definition) is 8. The highest BCUT2D eigenvalue weighted by molar-refractivity contribution is 8.02. The van der Waals surface area contributed by atoms with Crippen LogP contribution in [0.15, 0.2) is 0 Å². The molecule has 7 atom stereocenters. The normalized spacial score (nSPS) is 35.4. The second kappa shape index (κ2) is 10.9. The summed E-state index contributed by atoms with van der Waals surface area (Å²) in [5.74, 6) is -1.51. The molecule has 2 N–H and O–H groups in total. The second-order valence-electron chi connectivity index (χ2n) is 10.8. The van der Waals surface area contributed by atoms with Gasteiger partial charge in [-0.1, -0.05) is 20.8 Å². The number of ether oxygens (including phenoxy) is 2. The van der Waals surface area contributed by atoms with E-state index < -0.39 is 28.7 Å². The van der Waals surface area contributed by atoms with E-state index in [0.29, 0.717) is 26.2 Å². The molecule has 1 spiro atoms. The Morgan fingerprint density at radius 3 is 2.66 bits per heavy atom. The summed E-state index contributed by atoms with van der Waals surface area (Å²) < 4.78 is 10.1. The lowest BCUT2D eigenvalue weighted by atomic mass is 9.66. The number of fused-ring (bicyclic) bond motifs is 1. The van der Waals surface area contributed by atoms with Gasteiger partial charge < -0.3 is 24.8 Å². The highest BCUT2D eigenvalue weighted by Crippen LogP contribution is 2.69. The Morgan fingerprint density at radius 2 is 2.03 bits per heavy atom. The van der Waals surface area contributed by atoms with Crippen LogP contribution in [0.2, 0.25) is 0 Å². The highest BCUT2D eigenvalue weighted by Gasteiger charge is 2.76. The summed E-state index contributed by atoms with van der Waals surface area (Å²) in [5.41, 5.74) is 0. The number of carbonyl (C=O) groups is 3. The van der Waals surface area contributed by atoms with Crippen LogP contribution in [0.1, 0.15) is 40.5 Å². The number of nitrogens with zero attached hydrogens (tertiary/aromatic N) is 2. The van der Waals surface area contributed by atoms with E-state index in [9.17, 15) is 19.5 Å². The van der Waals surface area contributed by atoms with Crippen molar-refractivity contribution >= 4 is 29.5 Å². The number of thioether (sulfide) groups is 1. The van der Waals surface area contributed by atoms with Gasteiger partial charge in [-0.05, 0) is 31.6 Å². The first-order chi connectivity index (χ1) is 16.8. The first-order valence-corrected chi connectivity index (χ1v) is 14.0. The Balaban J connectivity index is 1.63. The lowest BCUT2D eigenvalue weighted by Crippen LogP contribution is -2.59.